The number of anilines is 1. The number of hydrogen-bond acceptors (Lipinski definition) is 2. The molecule has 0 aliphatic carbocycles. The first-order chi connectivity index (χ1) is 6.74. The molecule has 0 saturated carbocycles. The van der Waals surface area contributed by atoms with Crippen molar-refractivity contribution >= 4 is 5.69 Å². The molecule has 1 aliphatic rings. The first-order valence-corrected chi connectivity index (χ1v) is 4.63. The van der Waals surface area contributed by atoms with E-state index >= 15 is 0 Å². The van der Waals surface area contributed by atoms with Crippen LogP contribution in [0.4, 0.5) is 10.1 Å². The first-order valence-electron chi connectivity index (χ1n) is 4.63. The summed E-state index contributed by atoms with van der Waals surface area (Å²) in [4.78, 5) is 1.87. The number of para-hydroxylation sites is 1. The summed E-state index contributed by atoms with van der Waals surface area (Å²) in [6, 6.07) is 7.15. The van der Waals surface area contributed by atoms with Gasteiger partial charge in [0, 0.05) is 13.6 Å². The highest BCUT2D eigenvalue weighted by atomic mass is 19.1. The largest absolute Gasteiger partial charge is 0.372 e. The van der Waals surface area contributed by atoms with Crippen molar-refractivity contribution in [2.75, 3.05) is 18.5 Å². The Hall–Kier alpha value is -1.56. The van der Waals surface area contributed by atoms with Crippen LogP contribution in [0.15, 0.2) is 18.2 Å². The summed E-state index contributed by atoms with van der Waals surface area (Å²) in [6.45, 7) is 0.742. The van der Waals surface area contributed by atoms with Gasteiger partial charge in [0.25, 0.3) is 0 Å². The average Bonchev–Trinajstić information content (AvgIpc) is 2.18. The molecule has 0 N–H and O–H groups in total. The van der Waals surface area contributed by atoms with Gasteiger partial charge in [-0.3, -0.25) is 0 Å². The van der Waals surface area contributed by atoms with Gasteiger partial charge in [-0.2, -0.15) is 5.26 Å². The third-order valence-electron chi connectivity index (χ3n) is 2.68. The van der Waals surface area contributed by atoms with Crippen LogP contribution in [-0.4, -0.2) is 13.6 Å². The van der Waals surface area contributed by atoms with Crippen LogP contribution in [0.5, 0.6) is 0 Å². The number of nitriles is 1. The highest BCUT2D eigenvalue weighted by Gasteiger charge is 2.25. The Morgan fingerprint density at radius 3 is 3.07 bits per heavy atom. The molecule has 0 aromatic heterocycles. The second kappa shape index (κ2) is 3.30. The molecule has 0 radical (unpaired) electrons. The maximum atomic E-state index is 13.5. The SMILES string of the molecule is CN1CCC(C#N)c2cccc(F)c21. The molecule has 2 nitrogen and oxygen atoms in total. The van der Waals surface area contributed by atoms with Crippen LogP contribution in [0.25, 0.3) is 0 Å². The fourth-order valence-corrected chi connectivity index (χ4v) is 1.94. The lowest BCUT2D eigenvalue weighted by atomic mass is 9.91. The molecule has 0 fully saturated rings. The van der Waals surface area contributed by atoms with Gasteiger partial charge in [0.1, 0.15) is 5.82 Å². The molecule has 72 valence electrons. The molecule has 0 amide bonds. The number of nitrogens with zero attached hydrogens (tertiary/aromatic N) is 2. The minimum absolute atomic E-state index is 0.156. The summed E-state index contributed by atoms with van der Waals surface area (Å²) in [7, 11) is 1.86. The van der Waals surface area contributed by atoms with Crippen LogP contribution in [0.2, 0.25) is 0 Å². The summed E-state index contributed by atoms with van der Waals surface area (Å²) >= 11 is 0. The second-order valence-corrected chi connectivity index (χ2v) is 3.57. The maximum Gasteiger partial charge on any atom is 0.146 e. The van der Waals surface area contributed by atoms with Gasteiger partial charge in [-0.05, 0) is 18.1 Å². The Kier molecular flexibility index (Phi) is 2.12. The van der Waals surface area contributed by atoms with E-state index in [9.17, 15) is 4.39 Å². The third-order valence-corrected chi connectivity index (χ3v) is 2.68. The minimum atomic E-state index is -0.232. The van der Waals surface area contributed by atoms with Crippen LogP contribution in [0, 0.1) is 17.1 Å². The van der Waals surface area contributed by atoms with Gasteiger partial charge in [-0.1, -0.05) is 12.1 Å². The maximum absolute atomic E-state index is 13.5. The predicted molar refractivity (Wildman–Crippen MR) is 52.6 cm³/mol. The van der Waals surface area contributed by atoms with E-state index < -0.39 is 0 Å². The monoisotopic (exact) mass is 190 g/mol. The van der Waals surface area contributed by atoms with Crippen LogP contribution >= 0.6 is 0 Å². The van der Waals surface area contributed by atoms with E-state index in [4.69, 9.17) is 5.26 Å². The molecule has 1 unspecified atom stereocenters. The summed E-state index contributed by atoms with van der Waals surface area (Å²) in [6.07, 6.45) is 0.781. The molecule has 0 saturated heterocycles. The van der Waals surface area contributed by atoms with Crippen molar-refractivity contribution in [1.82, 2.24) is 0 Å². The number of fused-ring (bicyclic) bond motifs is 1. The van der Waals surface area contributed by atoms with E-state index in [1.54, 1.807) is 6.07 Å². The van der Waals surface area contributed by atoms with Gasteiger partial charge < -0.3 is 4.90 Å². The molecule has 1 aromatic carbocycles. The predicted octanol–water partition coefficient (Wildman–Crippen LogP) is 2.27. The van der Waals surface area contributed by atoms with Crippen LogP contribution in [0.1, 0.15) is 17.9 Å². The number of hydrogen-bond donors (Lipinski definition) is 0. The summed E-state index contributed by atoms with van der Waals surface area (Å²) in [5, 5.41) is 8.92. The average molecular weight is 190 g/mol. The summed E-state index contributed by atoms with van der Waals surface area (Å²) in [5.41, 5.74) is 1.41. The van der Waals surface area contributed by atoms with Gasteiger partial charge in [-0.15, -0.1) is 0 Å². The minimum Gasteiger partial charge on any atom is -0.372 e. The first kappa shape index (κ1) is 9.01. The third kappa shape index (κ3) is 1.24. The topological polar surface area (TPSA) is 27.0 Å². The van der Waals surface area contributed by atoms with Crippen molar-refractivity contribution in [3.05, 3.63) is 29.6 Å². The Labute approximate surface area is 82.6 Å². The molecule has 1 atom stereocenters. The highest BCUT2D eigenvalue weighted by Crippen LogP contribution is 2.35. The lowest BCUT2D eigenvalue weighted by Crippen LogP contribution is -2.27. The molecular weight excluding hydrogens is 179 g/mol. The fourth-order valence-electron chi connectivity index (χ4n) is 1.94. The van der Waals surface area contributed by atoms with Crippen molar-refractivity contribution in [2.24, 2.45) is 0 Å². The Morgan fingerprint density at radius 2 is 2.36 bits per heavy atom. The van der Waals surface area contributed by atoms with Crippen molar-refractivity contribution in [1.29, 1.82) is 5.26 Å². The smallest absolute Gasteiger partial charge is 0.146 e. The van der Waals surface area contributed by atoms with Gasteiger partial charge in [0.05, 0.1) is 17.7 Å². The van der Waals surface area contributed by atoms with Crippen LogP contribution in [0.3, 0.4) is 0 Å². The normalized spacial score (nSPS) is 20.1. The van der Waals surface area contributed by atoms with E-state index in [0.717, 1.165) is 18.5 Å². The lowest BCUT2D eigenvalue weighted by molar-refractivity contribution is 0.599. The molecule has 14 heavy (non-hydrogen) atoms. The van der Waals surface area contributed by atoms with Crippen molar-refractivity contribution in [3.63, 3.8) is 0 Å². The Morgan fingerprint density at radius 1 is 1.57 bits per heavy atom. The molecule has 0 bridgehead atoms. The molecule has 2 rings (SSSR count). The highest BCUT2D eigenvalue weighted by molar-refractivity contribution is 5.59. The zero-order chi connectivity index (χ0) is 10.1. The Bertz CT molecular complexity index is 395. The van der Waals surface area contributed by atoms with Crippen molar-refractivity contribution < 1.29 is 4.39 Å². The van der Waals surface area contributed by atoms with Crippen molar-refractivity contribution in [2.45, 2.75) is 12.3 Å². The second-order valence-electron chi connectivity index (χ2n) is 3.57. The van der Waals surface area contributed by atoms with Crippen molar-refractivity contribution in [3.8, 4) is 6.07 Å². The van der Waals surface area contributed by atoms with Gasteiger partial charge in [0.15, 0.2) is 0 Å². The zero-order valence-electron chi connectivity index (χ0n) is 8.00. The van der Waals surface area contributed by atoms with E-state index in [1.165, 1.54) is 6.07 Å². The van der Waals surface area contributed by atoms with Gasteiger partial charge >= 0.3 is 0 Å². The van der Waals surface area contributed by atoms with E-state index in [2.05, 4.69) is 6.07 Å². The Balaban J connectivity index is 2.57. The zero-order valence-corrected chi connectivity index (χ0v) is 8.00. The fraction of sp³-hybridized carbons (Fsp3) is 0.364. The molecule has 3 heteroatoms. The summed E-state index contributed by atoms with van der Waals surface area (Å²) in [5.74, 6) is -0.387. The molecule has 1 aliphatic heterocycles. The standard InChI is InChI=1S/C11H11FN2/c1-14-6-5-8(7-13)9-3-2-4-10(12)11(9)14/h2-4,8H,5-6H2,1H3. The molecule has 1 aromatic rings. The number of benzene rings is 1. The van der Waals surface area contributed by atoms with Crippen LogP contribution in [-0.2, 0) is 0 Å². The molecule has 0 spiro atoms. The van der Waals surface area contributed by atoms with E-state index in [1.807, 2.05) is 18.0 Å². The molecular formula is C11H11FN2. The van der Waals surface area contributed by atoms with Crippen LogP contribution < -0.4 is 4.90 Å². The number of rotatable bonds is 0. The number of halogens is 1. The van der Waals surface area contributed by atoms with Gasteiger partial charge in [-0.25, -0.2) is 4.39 Å². The summed E-state index contributed by atoms with van der Waals surface area (Å²) < 4.78 is 13.5. The van der Waals surface area contributed by atoms with Gasteiger partial charge in [0.2, 0.25) is 0 Å². The lowest BCUT2D eigenvalue weighted by Gasteiger charge is -2.30. The van der Waals surface area contributed by atoms with E-state index in [-0.39, 0.29) is 11.7 Å². The molecule has 1 heterocycles. The quantitative estimate of drug-likeness (QED) is 0.627. The van der Waals surface area contributed by atoms with E-state index in [0.29, 0.717) is 5.69 Å².